The van der Waals surface area contributed by atoms with Crippen LogP contribution in [0.1, 0.15) is 370 Å². The number of aliphatic hydroxyl groups is 1. The molecule has 0 heterocycles. The highest BCUT2D eigenvalue weighted by Gasteiger charge is 2.30. The fraction of sp³-hybridized carbons (Fsp3) is 0.945. The summed E-state index contributed by atoms with van der Waals surface area (Å²) < 4.78 is 68.4. The largest absolute Gasteiger partial charge is 0.472 e. The second kappa shape index (κ2) is 63.8. The Balaban J connectivity index is 5.27. The molecule has 0 amide bonds. The Hall–Kier alpha value is -1.94. The number of carbonyl (C=O) groups is 4. The molecule has 17 nitrogen and oxygen atoms in total. The van der Waals surface area contributed by atoms with E-state index >= 15 is 0 Å². The van der Waals surface area contributed by atoms with Crippen molar-refractivity contribution in [2.75, 3.05) is 39.6 Å². The van der Waals surface area contributed by atoms with E-state index in [9.17, 15) is 43.2 Å². The zero-order valence-corrected chi connectivity index (χ0v) is 61.8. The molecular formula is C73H142O17P2. The van der Waals surface area contributed by atoms with Gasteiger partial charge in [0.25, 0.3) is 0 Å². The van der Waals surface area contributed by atoms with Crippen LogP contribution < -0.4 is 0 Å². The van der Waals surface area contributed by atoms with E-state index in [1.807, 2.05) is 0 Å². The highest BCUT2D eigenvalue weighted by Crippen LogP contribution is 2.45. The Bertz CT molecular complexity index is 1800. The number of ether oxygens (including phenoxy) is 4. The molecule has 0 aliphatic rings. The van der Waals surface area contributed by atoms with Crippen molar-refractivity contribution >= 4 is 39.5 Å². The molecule has 3 unspecified atom stereocenters. The number of phosphoric acid groups is 2. The third-order valence-electron chi connectivity index (χ3n) is 17.2. The van der Waals surface area contributed by atoms with Gasteiger partial charge in [-0.25, -0.2) is 9.13 Å². The van der Waals surface area contributed by atoms with Gasteiger partial charge in [-0.05, 0) is 43.4 Å². The maximum Gasteiger partial charge on any atom is 0.472 e. The molecular weight excluding hydrogens is 1210 g/mol. The minimum atomic E-state index is -4.95. The van der Waals surface area contributed by atoms with Crippen molar-refractivity contribution in [3.63, 3.8) is 0 Å². The first kappa shape index (κ1) is 90.1. The average molecular weight is 1350 g/mol. The van der Waals surface area contributed by atoms with Gasteiger partial charge in [-0.3, -0.25) is 37.3 Å². The summed E-state index contributed by atoms with van der Waals surface area (Å²) in [6.07, 6.45) is 48.5. The van der Waals surface area contributed by atoms with Gasteiger partial charge in [0, 0.05) is 25.7 Å². The van der Waals surface area contributed by atoms with Crippen molar-refractivity contribution in [1.82, 2.24) is 0 Å². The molecule has 0 bridgehead atoms. The molecule has 3 N–H and O–H groups in total. The summed E-state index contributed by atoms with van der Waals surface area (Å²) in [5.41, 5.74) is 0. The molecule has 19 heteroatoms. The first-order valence-electron chi connectivity index (χ1n) is 37.9. The minimum absolute atomic E-state index is 0.104. The second-order valence-electron chi connectivity index (χ2n) is 27.5. The molecule has 0 aromatic rings. The zero-order chi connectivity index (χ0) is 68.0. The van der Waals surface area contributed by atoms with E-state index in [1.165, 1.54) is 180 Å². The van der Waals surface area contributed by atoms with E-state index in [0.29, 0.717) is 25.7 Å². The summed E-state index contributed by atoms with van der Waals surface area (Å²) in [5, 5.41) is 10.6. The molecule has 0 aromatic carbocycles. The van der Waals surface area contributed by atoms with Crippen LogP contribution in [0.3, 0.4) is 0 Å². The van der Waals surface area contributed by atoms with Crippen molar-refractivity contribution in [3.8, 4) is 0 Å². The van der Waals surface area contributed by atoms with Crippen LogP contribution in [0.15, 0.2) is 0 Å². The highest BCUT2D eigenvalue weighted by atomic mass is 31.2. The van der Waals surface area contributed by atoms with Crippen molar-refractivity contribution < 1.29 is 80.2 Å². The second-order valence-corrected chi connectivity index (χ2v) is 30.4. The fourth-order valence-electron chi connectivity index (χ4n) is 11.0. The topological polar surface area (TPSA) is 237 Å². The van der Waals surface area contributed by atoms with E-state index in [1.54, 1.807) is 0 Å². The molecule has 6 atom stereocenters. The lowest BCUT2D eigenvalue weighted by atomic mass is 9.99. The summed E-state index contributed by atoms with van der Waals surface area (Å²) >= 11 is 0. The predicted molar refractivity (Wildman–Crippen MR) is 372 cm³/mol. The van der Waals surface area contributed by atoms with Crippen LogP contribution >= 0.6 is 15.6 Å². The Labute approximate surface area is 562 Å². The molecule has 0 rings (SSSR count). The van der Waals surface area contributed by atoms with Crippen LogP contribution in [0.4, 0.5) is 0 Å². The lowest BCUT2D eigenvalue weighted by Gasteiger charge is -2.21. The summed E-state index contributed by atoms with van der Waals surface area (Å²) in [7, 11) is -9.91. The normalized spacial score (nSPS) is 14.4. The predicted octanol–water partition coefficient (Wildman–Crippen LogP) is 21.0. The van der Waals surface area contributed by atoms with Gasteiger partial charge in [0.15, 0.2) is 12.2 Å². The molecule has 0 saturated carbocycles. The van der Waals surface area contributed by atoms with Crippen LogP contribution in [-0.2, 0) is 65.4 Å². The Morgan fingerprint density at radius 1 is 0.315 bits per heavy atom. The number of rotatable bonds is 71. The van der Waals surface area contributed by atoms with E-state index < -0.39 is 97.5 Å². The van der Waals surface area contributed by atoms with Gasteiger partial charge in [-0.2, -0.15) is 0 Å². The van der Waals surface area contributed by atoms with Crippen LogP contribution in [0.5, 0.6) is 0 Å². The highest BCUT2D eigenvalue weighted by molar-refractivity contribution is 7.47. The van der Waals surface area contributed by atoms with Gasteiger partial charge in [-0.15, -0.1) is 0 Å². The van der Waals surface area contributed by atoms with E-state index in [0.717, 1.165) is 108 Å². The van der Waals surface area contributed by atoms with Gasteiger partial charge in [0.2, 0.25) is 0 Å². The third kappa shape index (κ3) is 65.4. The maximum atomic E-state index is 13.1. The number of carbonyl (C=O) groups excluding carboxylic acids is 4. The Morgan fingerprint density at radius 3 is 0.826 bits per heavy atom. The molecule has 0 aliphatic heterocycles. The van der Waals surface area contributed by atoms with Crippen LogP contribution in [0.2, 0.25) is 0 Å². The summed E-state index contributed by atoms with van der Waals surface area (Å²) in [6, 6.07) is 0. The number of esters is 4. The lowest BCUT2D eigenvalue weighted by Crippen LogP contribution is -2.30. The standard InChI is InChI=1S/C73H142O17P2/c1-8-10-11-12-13-14-15-16-17-21-24-33-40-47-54-70(75)83-60-68(89-72(77)56-49-42-35-25-22-19-18-20-23-30-37-44-51-64(3)4)62-87-91(79,80)85-58-67(74)59-86-92(81,82)88-63-69(61-84-71(76)55-48-41-34-28-26-31-38-45-52-65(5)6)90-73(78)57-50-43-36-29-27-32-39-46-53-66(7)9-2/h64-69,74H,8-63H2,1-7H3,(H,79,80)(H,81,82)/t66?,67-,68-,69-/m1/s1. The van der Waals surface area contributed by atoms with Crippen LogP contribution in [-0.4, -0.2) is 96.7 Å². The summed E-state index contributed by atoms with van der Waals surface area (Å²) in [6.45, 7) is 11.8. The van der Waals surface area contributed by atoms with Gasteiger partial charge >= 0.3 is 39.5 Å². The van der Waals surface area contributed by atoms with E-state index in [-0.39, 0.29) is 25.7 Å². The maximum absolute atomic E-state index is 13.1. The smallest absolute Gasteiger partial charge is 0.462 e. The quantitative estimate of drug-likeness (QED) is 0.0222. The van der Waals surface area contributed by atoms with E-state index in [2.05, 4.69) is 48.5 Å². The molecule has 0 spiro atoms. The monoisotopic (exact) mass is 1350 g/mol. The van der Waals surface area contributed by atoms with Crippen molar-refractivity contribution in [1.29, 1.82) is 0 Å². The molecule has 0 radical (unpaired) electrons. The van der Waals surface area contributed by atoms with Gasteiger partial charge in [-0.1, -0.05) is 318 Å². The molecule has 546 valence electrons. The van der Waals surface area contributed by atoms with Gasteiger partial charge in [0.1, 0.15) is 19.3 Å². The Kier molecular flexibility index (Phi) is 62.4. The zero-order valence-electron chi connectivity index (χ0n) is 60.0. The molecule has 92 heavy (non-hydrogen) atoms. The fourth-order valence-corrected chi connectivity index (χ4v) is 12.6. The number of phosphoric ester groups is 2. The minimum Gasteiger partial charge on any atom is -0.462 e. The number of aliphatic hydroxyl groups excluding tert-OH is 1. The summed E-state index contributed by atoms with van der Waals surface area (Å²) in [4.78, 5) is 72.7. The number of hydrogen-bond acceptors (Lipinski definition) is 15. The SMILES string of the molecule is CCCCCCCCCCCCCCCCC(=O)OC[C@H](COP(=O)(O)OC[C@@H](O)COP(=O)(O)OC[C@@H](COC(=O)CCCCCCCCCCC(C)C)OC(=O)CCCCCCCCCCC(C)CC)OC(=O)CCCCCCCCCCCCCCC(C)C. The Morgan fingerprint density at radius 2 is 0.554 bits per heavy atom. The summed E-state index contributed by atoms with van der Waals surface area (Å²) in [5.74, 6) is 0.150. The van der Waals surface area contributed by atoms with Crippen molar-refractivity contribution in [2.24, 2.45) is 17.8 Å². The lowest BCUT2D eigenvalue weighted by molar-refractivity contribution is -0.161. The van der Waals surface area contributed by atoms with Crippen molar-refractivity contribution in [2.45, 2.75) is 388 Å². The number of hydrogen-bond donors (Lipinski definition) is 3. The van der Waals surface area contributed by atoms with Crippen molar-refractivity contribution in [3.05, 3.63) is 0 Å². The molecule has 0 aliphatic carbocycles. The van der Waals surface area contributed by atoms with E-state index in [4.69, 9.17) is 37.0 Å². The average Bonchev–Trinajstić information content (AvgIpc) is 3.15. The molecule has 0 aromatic heterocycles. The first-order chi connectivity index (χ1) is 44.3. The molecule has 0 saturated heterocycles. The van der Waals surface area contributed by atoms with Crippen LogP contribution in [0.25, 0.3) is 0 Å². The third-order valence-corrected chi connectivity index (χ3v) is 19.1. The van der Waals surface area contributed by atoms with Gasteiger partial charge in [0.05, 0.1) is 26.4 Å². The first-order valence-corrected chi connectivity index (χ1v) is 40.9. The number of unbranched alkanes of at least 4 members (excludes halogenated alkanes) is 38. The molecule has 0 fully saturated rings. The van der Waals surface area contributed by atoms with Gasteiger partial charge < -0.3 is 33.8 Å². The van der Waals surface area contributed by atoms with Crippen LogP contribution in [0, 0.1) is 17.8 Å².